The summed E-state index contributed by atoms with van der Waals surface area (Å²) in [5, 5.41) is 21.4. The van der Waals surface area contributed by atoms with E-state index in [-0.39, 0.29) is 13.1 Å². The molecule has 1 saturated heterocycles. The maximum absolute atomic E-state index is 12.6. The minimum atomic E-state index is -2.76. The molecule has 3 atom stereocenters. The van der Waals surface area contributed by atoms with Crippen LogP contribution in [0.3, 0.4) is 0 Å². The standard InChI is InChI=1S/C10H18F2N2O3/c1-2-3-13-10(17)14-4-6(9(11)12)8(16)7(15)5-14/h6-9,15-16H,2-5H2,1H3,(H,13,17)/t6-,7+,8+/m0/s1. The first-order chi connectivity index (χ1) is 7.97. The van der Waals surface area contributed by atoms with Gasteiger partial charge in [0.2, 0.25) is 6.43 Å². The van der Waals surface area contributed by atoms with Gasteiger partial charge < -0.3 is 20.4 Å². The third-order valence-corrected chi connectivity index (χ3v) is 2.81. The van der Waals surface area contributed by atoms with E-state index >= 15 is 0 Å². The van der Waals surface area contributed by atoms with Gasteiger partial charge in [0.15, 0.2) is 0 Å². The Balaban J connectivity index is 2.60. The van der Waals surface area contributed by atoms with Crippen LogP contribution in [-0.4, -0.2) is 59.4 Å². The van der Waals surface area contributed by atoms with E-state index in [0.717, 1.165) is 11.3 Å². The van der Waals surface area contributed by atoms with Crippen LogP contribution in [0.25, 0.3) is 0 Å². The average molecular weight is 252 g/mol. The molecule has 0 saturated carbocycles. The number of carbonyl (C=O) groups is 1. The largest absolute Gasteiger partial charge is 0.390 e. The van der Waals surface area contributed by atoms with Gasteiger partial charge in [0.25, 0.3) is 0 Å². The normalized spacial score (nSPS) is 29.5. The number of halogens is 2. The molecular formula is C10H18F2N2O3. The number of alkyl halides is 2. The van der Waals surface area contributed by atoms with Crippen molar-refractivity contribution in [2.45, 2.75) is 32.0 Å². The van der Waals surface area contributed by atoms with E-state index in [0.29, 0.717) is 6.54 Å². The van der Waals surface area contributed by atoms with Crippen LogP contribution in [-0.2, 0) is 0 Å². The highest BCUT2D eigenvalue weighted by molar-refractivity contribution is 5.74. The van der Waals surface area contributed by atoms with E-state index < -0.39 is 30.6 Å². The minimum Gasteiger partial charge on any atom is -0.390 e. The summed E-state index contributed by atoms with van der Waals surface area (Å²) in [7, 11) is 0. The van der Waals surface area contributed by atoms with Crippen LogP contribution in [0.15, 0.2) is 0 Å². The zero-order chi connectivity index (χ0) is 13.0. The summed E-state index contributed by atoms with van der Waals surface area (Å²) in [6, 6.07) is -0.483. The highest BCUT2D eigenvalue weighted by Crippen LogP contribution is 2.23. The van der Waals surface area contributed by atoms with Gasteiger partial charge in [-0.2, -0.15) is 0 Å². The number of amides is 2. The van der Waals surface area contributed by atoms with Gasteiger partial charge in [0.1, 0.15) is 0 Å². The Bertz CT molecular complexity index is 266. The number of nitrogens with zero attached hydrogens (tertiary/aromatic N) is 1. The molecule has 100 valence electrons. The maximum atomic E-state index is 12.6. The molecule has 1 aliphatic rings. The number of hydrogen-bond acceptors (Lipinski definition) is 3. The molecule has 5 nitrogen and oxygen atoms in total. The summed E-state index contributed by atoms with van der Waals surface area (Å²) < 4.78 is 25.2. The third-order valence-electron chi connectivity index (χ3n) is 2.81. The lowest BCUT2D eigenvalue weighted by Crippen LogP contribution is -2.58. The van der Waals surface area contributed by atoms with E-state index in [4.69, 9.17) is 0 Å². The summed E-state index contributed by atoms with van der Waals surface area (Å²) in [5.74, 6) is -1.40. The molecule has 0 unspecified atom stereocenters. The van der Waals surface area contributed by atoms with Crippen LogP contribution in [0.2, 0.25) is 0 Å². The highest BCUT2D eigenvalue weighted by Gasteiger charge is 2.41. The molecule has 1 fully saturated rings. The molecule has 1 aliphatic heterocycles. The number of urea groups is 1. The van der Waals surface area contributed by atoms with Crippen molar-refractivity contribution in [3.8, 4) is 0 Å². The molecule has 7 heteroatoms. The van der Waals surface area contributed by atoms with Gasteiger partial charge in [-0.05, 0) is 6.42 Å². The zero-order valence-electron chi connectivity index (χ0n) is 9.64. The van der Waals surface area contributed by atoms with Crippen LogP contribution in [0.4, 0.5) is 13.6 Å². The van der Waals surface area contributed by atoms with Gasteiger partial charge >= 0.3 is 6.03 Å². The Morgan fingerprint density at radius 2 is 2.12 bits per heavy atom. The molecule has 0 radical (unpaired) electrons. The Hall–Kier alpha value is -0.950. The molecule has 2 amide bonds. The molecule has 0 spiro atoms. The Morgan fingerprint density at radius 3 is 2.65 bits per heavy atom. The fourth-order valence-corrected chi connectivity index (χ4v) is 1.79. The molecule has 0 aromatic carbocycles. The predicted molar refractivity (Wildman–Crippen MR) is 56.8 cm³/mol. The second-order valence-corrected chi connectivity index (χ2v) is 4.19. The Morgan fingerprint density at radius 1 is 1.47 bits per heavy atom. The van der Waals surface area contributed by atoms with Crippen LogP contribution < -0.4 is 5.32 Å². The number of carbonyl (C=O) groups excluding carboxylic acids is 1. The van der Waals surface area contributed by atoms with Crippen molar-refractivity contribution < 1.29 is 23.8 Å². The number of β-amino-alcohol motifs (C(OH)–C–C–N with tert-alkyl or cyclic N) is 1. The van der Waals surface area contributed by atoms with E-state index in [1.54, 1.807) is 0 Å². The van der Waals surface area contributed by atoms with Gasteiger partial charge in [-0.3, -0.25) is 0 Å². The molecule has 0 aromatic heterocycles. The number of aliphatic hydroxyl groups excluding tert-OH is 2. The first-order valence-corrected chi connectivity index (χ1v) is 5.64. The Kier molecular flexibility index (Phi) is 5.07. The van der Waals surface area contributed by atoms with Gasteiger partial charge in [-0.15, -0.1) is 0 Å². The maximum Gasteiger partial charge on any atom is 0.317 e. The molecule has 17 heavy (non-hydrogen) atoms. The summed E-state index contributed by atoms with van der Waals surface area (Å²) in [6.07, 6.45) is -4.83. The quantitative estimate of drug-likeness (QED) is 0.663. The zero-order valence-corrected chi connectivity index (χ0v) is 9.64. The molecule has 1 rings (SSSR count). The van der Waals surface area contributed by atoms with Crippen molar-refractivity contribution in [2.24, 2.45) is 5.92 Å². The topological polar surface area (TPSA) is 72.8 Å². The Labute approximate surface area is 98.4 Å². The predicted octanol–water partition coefficient (Wildman–Crippen LogP) is 0.0247. The van der Waals surface area contributed by atoms with Crippen molar-refractivity contribution in [2.75, 3.05) is 19.6 Å². The van der Waals surface area contributed by atoms with Crippen molar-refractivity contribution in [3.63, 3.8) is 0 Å². The van der Waals surface area contributed by atoms with Crippen molar-refractivity contribution in [1.29, 1.82) is 0 Å². The number of piperidine rings is 1. The second kappa shape index (κ2) is 6.11. The van der Waals surface area contributed by atoms with Crippen LogP contribution in [0, 0.1) is 5.92 Å². The highest BCUT2D eigenvalue weighted by atomic mass is 19.3. The second-order valence-electron chi connectivity index (χ2n) is 4.19. The van der Waals surface area contributed by atoms with Crippen LogP contribution >= 0.6 is 0 Å². The SMILES string of the molecule is CCCNC(=O)N1C[C@@H](O)[C@H](O)[C@@H](C(F)F)C1. The van der Waals surface area contributed by atoms with Crippen LogP contribution in [0.1, 0.15) is 13.3 Å². The van der Waals surface area contributed by atoms with Gasteiger partial charge in [0, 0.05) is 13.1 Å². The lowest BCUT2D eigenvalue weighted by Gasteiger charge is -2.38. The third kappa shape index (κ3) is 3.50. The summed E-state index contributed by atoms with van der Waals surface area (Å²) in [4.78, 5) is 12.7. The molecule has 0 aromatic rings. The lowest BCUT2D eigenvalue weighted by atomic mass is 9.93. The fourth-order valence-electron chi connectivity index (χ4n) is 1.79. The van der Waals surface area contributed by atoms with Crippen molar-refractivity contribution >= 4 is 6.03 Å². The first-order valence-electron chi connectivity index (χ1n) is 5.64. The number of aliphatic hydroxyl groups is 2. The monoisotopic (exact) mass is 252 g/mol. The van der Waals surface area contributed by atoms with E-state index in [1.807, 2.05) is 6.92 Å². The summed E-state index contributed by atoms with van der Waals surface area (Å²) in [6.45, 7) is 1.95. The molecule has 3 N–H and O–H groups in total. The number of likely N-dealkylation sites (tertiary alicyclic amines) is 1. The van der Waals surface area contributed by atoms with Gasteiger partial charge in [-0.1, -0.05) is 6.92 Å². The smallest absolute Gasteiger partial charge is 0.317 e. The molecular weight excluding hydrogens is 234 g/mol. The molecule has 0 bridgehead atoms. The van der Waals surface area contributed by atoms with Gasteiger partial charge in [-0.25, -0.2) is 13.6 Å². The van der Waals surface area contributed by atoms with E-state index in [2.05, 4.69) is 5.32 Å². The number of nitrogens with one attached hydrogen (secondary N) is 1. The first kappa shape index (κ1) is 14.1. The molecule has 0 aliphatic carbocycles. The summed E-state index contributed by atoms with van der Waals surface area (Å²) in [5.41, 5.74) is 0. The fraction of sp³-hybridized carbons (Fsp3) is 0.900. The van der Waals surface area contributed by atoms with E-state index in [1.165, 1.54) is 0 Å². The van der Waals surface area contributed by atoms with Crippen molar-refractivity contribution in [3.05, 3.63) is 0 Å². The lowest BCUT2D eigenvalue weighted by molar-refractivity contribution is -0.107. The van der Waals surface area contributed by atoms with E-state index in [9.17, 15) is 23.8 Å². The molecule has 1 heterocycles. The summed E-state index contributed by atoms with van der Waals surface area (Å²) >= 11 is 0. The average Bonchev–Trinajstić information content (AvgIpc) is 2.28. The van der Waals surface area contributed by atoms with Crippen molar-refractivity contribution in [1.82, 2.24) is 10.2 Å². The minimum absolute atomic E-state index is 0.125. The van der Waals surface area contributed by atoms with Crippen LogP contribution in [0.5, 0.6) is 0 Å². The number of rotatable bonds is 3. The number of hydrogen-bond donors (Lipinski definition) is 3. The van der Waals surface area contributed by atoms with Gasteiger partial charge in [0.05, 0.1) is 24.7 Å².